The van der Waals surface area contributed by atoms with E-state index in [1.807, 2.05) is 54.7 Å². The number of ether oxygens (including phenoxy) is 2. The van der Waals surface area contributed by atoms with Crippen LogP contribution in [0, 0.1) is 0 Å². The first kappa shape index (κ1) is 18.5. The molecule has 0 saturated carbocycles. The lowest BCUT2D eigenvalue weighted by molar-refractivity contribution is -0.682. The van der Waals surface area contributed by atoms with Crippen molar-refractivity contribution >= 4 is 17.5 Å². The third-order valence-electron chi connectivity index (χ3n) is 4.50. The van der Waals surface area contributed by atoms with Gasteiger partial charge in [0.25, 0.3) is 5.91 Å². The van der Waals surface area contributed by atoms with Gasteiger partial charge in [0.15, 0.2) is 18.0 Å². The van der Waals surface area contributed by atoms with E-state index >= 15 is 0 Å². The third kappa shape index (κ3) is 4.68. The summed E-state index contributed by atoms with van der Waals surface area (Å²) in [6, 6.07) is 13.6. The molecule has 2 aromatic carbocycles. The standard InChI is InChI=1S/C20H23ClN2O3/c1-13(15-3-6-17(21)7-4-15)22-12-20(24)23-14(2)16-5-8-18-19(11-16)26-10-9-25-18/h3-8,11,13-14,22H,9-10,12H2,1-2H3,(H,23,24)/p+1/t13-,14-/m1/s1. The number of rotatable bonds is 6. The molecule has 1 aliphatic heterocycles. The molecule has 6 heteroatoms. The molecule has 0 bridgehead atoms. The van der Waals surface area contributed by atoms with Gasteiger partial charge in [0.05, 0.1) is 6.04 Å². The van der Waals surface area contributed by atoms with Crippen LogP contribution in [-0.4, -0.2) is 25.7 Å². The van der Waals surface area contributed by atoms with Crippen LogP contribution >= 0.6 is 11.6 Å². The maximum absolute atomic E-state index is 12.3. The van der Waals surface area contributed by atoms with Crippen LogP contribution in [-0.2, 0) is 4.79 Å². The minimum Gasteiger partial charge on any atom is -0.486 e. The highest BCUT2D eigenvalue weighted by molar-refractivity contribution is 6.30. The van der Waals surface area contributed by atoms with Crippen LogP contribution in [0.5, 0.6) is 11.5 Å². The Hall–Kier alpha value is -2.24. The molecule has 138 valence electrons. The Morgan fingerprint density at radius 3 is 2.46 bits per heavy atom. The molecule has 26 heavy (non-hydrogen) atoms. The van der Waals surface area contributed by atoms with Gasteiger partial charge in [0, 0.05) is 10.6 Å². The van der Waals surface area contributed by atoms with Gasteiger partial charge in [-0.3, -0.25) is 4.79 Å². The van der Waals surface area contributed by atoms with E-state index < -0.39 is 0 Å². The number of nitrogens with one attached hydrogen (secondary N) is 1. The summed E-state index contributed by atoms with van der Waals surface area (Å²) in [7, 11) is 0. The van der Waals surface area contributed by atoms with E-state index in [4.69, 9.17) is 21.1 Å². The highest BCUT2D eigenvalue weighted by Crippen LogP contribution is 2.32. The second-order valence-corrected chi connectivity index (χ2v) is 6.91. The first-order chi connectivity index (χ1) is 12.5. The third-order valence-corrected chi connectivity index (χ3v) is 4.75. The average Bonchev–Trinajstić information content (AvgIpc) is 2.66. The van der Waals surface area contributed by atoms with E-state index in [-0.39, 0.29) is 18.0 Å². The van der Waals surface area contributed by atoms with Gasteiger partial charge in [-0.15, -0.1) is 0 Å². The molecule has 0 radical (unpaired) electrons. The van der Waals surface area contributed by atoms with Gasteiger partial charge in [0.2, 0.25) is 0 Å². The molecule has 1 amide bonds. The first-order valence-electron chi connectivity index (χ1n) is 8.80. The minimum absolute atomic E-state index is 0.00629. The molecular weight excluding hydrogens is 352 g/mol. The first-order valence-corrected chi connectivity index (χ1v) is 9.18. The molecule has 0 unspecified atom stereocenters. The van der Waals surface area contributed by atoms with E-state index in [0.29, 0.717) is 24.8 Å². The van der Waals surface area contributed by atoms with E-state index in [1.165, 1.54) is 0 Å². The Morgan fingerprint density at radius 1 is 1.08 bits per heavy atom. The number of benzene rings is 2. The Labute approximate surface area is 158 Å². The number of halogens is 1. The van der Waals surface area contributed by atoms with Crippen LogP contribution in [0.25, 0.3) is 0 Å². The summed E-state index contributed by atoms with van der Waals surface area (Å²) >= 11 is 5.91. The van der Waals surface area contributed by atoms with Crippen molar-refractivity contribution in [2.45, 2.75) is 25.9 Å². The Morgan fingerprint density at radius 2 is 1.73 bits per heavy atom. The van der Waals surface area contributed by atoms with Gasteiger partial charge < -0.3 is 20.1 Å². The Balaban J connectivity index is 1.52. The highest BCUT2D eigenvalue weighted by Gasteiger charge is 2.17. The molecule has 0 aliphatic carbocycles. The van der Waals surface area contributed by atoms with Crippen LogP contribution in [0.15, 0.2) is 42.5 Å². The van der Waals surface area contributed by atoms with Gasteiger partial charge >= 0.3 is 0 Å². The van der Waals surface area contributed by atoms with Crippen molar-refractivity contribution < 1.29 is 19.6 Å². The Bertz CT molecular complexity index is 764. The second kappa shape index (κ2) is 8.43. The lowest BCUT2D eigenvalue weighted by Crippen LogP contribution is -2.87. The molecule has 5 nitrogen and oxygen atoms in total. The summed E-state index contributed by atoms with van der Waals surface area (Å²) in [6.07, 6.45) is 0. The number of fused-ring (bicyclic) bond motifs is 1. The number of carbonyl (C=O) groups is 1. The van der Waals surface area contributed by atoms with Crippen molar-refractivity contribution in [1.82, 2.24) is 5.32 Å². The average molecular weight is 376 g/mol. The summed E-state index contributed by atoms with van der Waals surface area (Å²) in [6.45, 7) is 5.51. The number of quaternary nitrogens is 1. The molecule has 0 aromatic heterocycles. The molecule has 2 aromatic rings. The molecule has 1 heterocycles. The fraction of sp³-hybridized carbons (Fsp3) is 0.350. The fourth-order valence-electron chi connectivity index (χ4n) is 2.90. The maximum atomic E-state index is 12.3. The molecule has 1 aliphatic rings. The monoisotopic (exact) mass is 375 g/mol. The van der Waals surface area contributed by atoms with Gasteiger partial charge in [-0.1, -0.05) is 29.8 Å². The topological polar surface area (TPSA) is 64.2 Å². The van der Waals surface area contributed by atoms with Crippen LogP contribution in [0.2, 0.25) is 5.02 Å². The molecule has 0 saturated heterocycles. The van der Waals surface area contributed by atoms with E-state index in [1.54, 1.807) is 0 Å². The number of hydrogen-bond acceptors (Lipinski definition) is 3. The SMILES string of the molecule is C[C@@H](NC(=O)C[NH2+][C@H](C)c1ccc(Cl)cc1)c1ccc2c(c1)OCCO2. The van der Waals surface area contributed by atoms with Gasteiger partial charge in [0.1, 0.15) is 19.3 Å². The van der Waals surface area contributed by atoms with E-state index in [9.17, 15) is 4.79 Å². The van der Waals surface area contributed by atoms with E-state index in [0.717, 1.165) is 22.6 Å². The molecule has 2 atom stereocenters. The summed E-state index contributed by atoms with van der Waals surface area (Å²) in [5, 5.41) is 5.76. The van der Waals surface area contributed by atoms with E-state index in [2.05, 4.69) is 12.2 Å². The van der Waals surface area contributed by atoms with Crippen molar-refractivity contribution in [2.24, 2.45) is 0 Å². The van der Waals surface area contributed by atoms with Crippen molar-refractivity contribution in [2.75, 3.05) is 19.8 Å². The zero-order valence-electron chi connectivity index (χ0n) is 15.0. The summed E-state index contributed by atoms with van der Waals surface area (Å²) in [4.78, 5) is 12.3. The largest absolute Gasteiger partial charge is 0.486 e. The number of nitrogens with two attached hydrogens (primary N) is 1. The summed E-state index contributed by atoms with van der Waals surface area (Å²) in [5.41, 5.74) is 2.13. The number of carbonyl (C=O) groups excluding carboxylic acids is 1. The summed E-state index contributed by atoms with van der Waals surface area (Å²) < 4.78 is 11.1. The predicted molar refractivity (Wildman–Crippen MR) is 101 cm³/mol. The lowest BCUT2D eigenvalue weighted by Gasteiger charge is -2.21. The summed E-state index contributed by atoms with van der Waals surface area (Å²) in [5.74, 6) is 1.48. The molecule has 0 spiro atoms. The zero-order chi connectivity index (χ0) is 18.5. The zero-order valence-corrected chi connectivity index (χ0v) is 15.8. The van der Waals surface area contributed by atoms with Gasteiger partial charge in [-0.05, 0) is 43.7 Å². The van der Waals surface area contributed by atoms with Crippen molar-refractivity contribution in [1.29, 1.82) is 0 Å². The lowest BCUT2D eigenvalue weighted by atomic mass is 10.1. The number of amides is 1. The smallest absolute Gasteiger partial charge is 0.275 e. The quantitative estimate of drug-likeness (QED) is 0.815. The Kier molecular flexibility index (Phi) is 6.01. The van der Waals surface area contributed by atoms with Gasteiger partial charge in [-0.2, -0.15) is 0 Å². The normalized spacial score (nSPS) is 15.2. The van der Waals surface area contributed by atoms with Crippen LogP contribution in [0.3, 0.4) is 0 Å². The fourth-order valence-corrected chi connectivity index (χ4v) is 3.03. The van der Waals surface area contributed by atoms with Crippen molar-refractivity contribution in [3.05, 3.63) is 58.6 Å². The maximum Gasteiger partial charge on any atom is 0.275 e. The molecular formula is C20H24ClN2O3+. The highest BCUT2D eigenvalue weighted by atomic mass is 35.5. The van der Waals surface area contributed by atoms with Crippen LogP contribution in [0.4, 0.5) is 0 Å². The second-order valence-electron chi connectivity index (χ2n) is 6.47. The van der Waals surface area contributed by atoms with Gasteiger partial charge in [-0.25, -0.2) is 0 Å². The number of hydrogen-bond donors (Lipinski definition) is 2. The van der Waals surface area contributed by atoms with Crippen LogP contribution in [0.1, 0.15) is 37.1 Å². The van der Waals surface area contributed by atoms with Crippen molar-refractivity contribution in [3.8, 4) is 11.5 Å². The molecule has 3 rings (SSSR count). The van der Waals surface area contributed by atoms with Crippen molar-refractivity contribution in [3.63, 3.8) is 0 Å². The molecule has 0 fully saturated rings. The van der Waals surface area contributed by atoms with Crippen LogP contribution < -0.4 is 20.1 Å². The molecule has 3 N–H and O–H groups in total. The minimum atomic E-state index is -0.0995. The predicted octanol–water partition coefficient (Wildman–Crippen LogP) is 2.61.